The standard InChI is InChI=1S/C14H12N4OS/c1-18-6-4-12(17-18)16-14(19)10-7-9-3-2-5-15-13(9)11(20)8-10/h2-8,20H,1H3,(H,16,17,19). The molecule has 1 amide bonds. The minimum atomic E-state index is -0.218. The first-order valence-electron chi connectivity index (χ1n) is 6.02. The number of benzene rings is 1. The minimum absolute atomic E-state index is 0.218. The lowest BCUT2D eigenvalue weighted by Gasteiger charge is -2.06. The Morgan fingerprint density at radius 3 is 2.95 bits per heavy atom. The predicted octanol–water partition coefficient (Wildman–Crippen LogP) is 2.51. The molecule has 2 aromatic heterocycles. The number of nitrogens with zero attached hydrogens (tertiary/aromatic N) is 3. The van der Waals surface area contributed by atoms with Crippen LogP contribution < -0.4 is 5.32 Å². The fraction of sp³-hybridized carbons (Fsp3) is 0.0714. The van der Waals surface area contributed by atoms with Crippen LogP contribution in [0.3, 0.4) is 0 Å². The second-order valence-corrected chi connectivity index (χ2v) is 4.88. The van der Waals surface area contributed by atoms with Gasteiger partial charge in [-0.15, -0.1) is 12.6 Å². The van der Waals surface area contributed by atoms with E-state index in [1.165, 1.54) is 0 Å². The van der Waals surface area contributed by atoms with E-state index >= 15 is 0 Å². The number of amides is 1. The van der Waals surface area contributed by atoms with Gasteiger partial charge < -0.3 is 5.32 Å². The van der Waals surface area contributed by atoms with Crippen LogP contribution in [0.25, 0.3) is 10.9 Å². The average molecular weight is 284 g/mol. The third-order valence-electron chi connectivity index (χ3n) is 2.90. The summed E-state index contributed by atoms with van der Waals surface area (Å²) in [6.45, 7) is 0. The summed E-state index contributed by atoms with van der Waals surface area (Å²) in [4.78, 5) is 17.1. The van der Waals surface area contributed by atoms with Crippen LogP contribution in [-0.4, -0.2) is 20.7 Å². The third-order valence-corrected chi connectivity index (χ3v) is 3.24. The molecule has 0 radical (unpaired) electrons. The number of rotatable bonds is 2. The highest BCUT2D eigenvalue weighted by Gasteiger charge is 2.10. The van der Waals surface area contributed by atoms with Crippen LogP contribution in [-0.2, 0) is 7.05 Å². The van der Waals surface area contributed by atoms with Crippen molar-refractivity contribution in [3.05, 3.63) is 48.3 Å². The molecule has 0 spiro atoms. The zero-order valence-corrected chi connectivity index (χ0v) is 11.6. The largest absolute Gasteiger partial charge is 0.305 e. The van der Waals surface area contributed by atoms with Crippen molar-refractivity contribution in [2.75, 3.05) is 5.32 Å². The summed E-state index contributed by atoms with van der Waals surface area (Å²) in [5, 5.41) is 7.74. The maximum absolute atomic E-state index is 12.2. The molecule has 3 rings (SSSR count). The molecule has 2 heterocycles. The second kappa shape index (κ2) is 4.97. The maximum atomic E-state index is 12.2. The van der Waals surface area contributed by atoms with Gasteiger partial charge in [-0.25, -0.2) is 0 Å². The lowest BCUT2D eigenvalue weighted by atomic mass is 10.1. The van der Waals surface area contributed by atoms with Gasteiger partial charge in [0.05, 0.1) is 5.52 Å². The molecule has 0 saturated heterocycles. The van der Waals surface area contributed by atoms with Crippen LogP contribution in [0.15, 0.2) is 47.6 Å². The Bertz CT molecular complexity index is 797. The van der Waals surface area contributed by atoms with Gasteiger partial charge in [-0.1, -0.05) is 6.07 Å². The van der Waals surface area contributed by atoms with Crippen molar-refractivity contribution < 1.29 is 4.79 Å². The Morgan fingerprint density at radius 1 is 1.35 bits per heavy atom. The number of aryl methyl sites for hydroxylation is 1. The number of hydrogen-bond acceptors (Lipinski definition) is 4. The SMILES string of the molecule is Cn1ccc(NC(=O)c2cc(S)c3ncccc3c2)n1. The van der Waals surface area contributed by atoms with Crippen LogP contribution in [0.1, 0.15) is 10.4 Å². The van der Waals surface area contributed by atoms with Gasteiger partial charge in [-0.3, -0.25) is 14.5 Å². The van der Waals surface area contributed by atoms with E-state index in [9.17, 15) is 4.79 Å². The van der Waals surface area contributed by atoms with E-state index in [1.807, 2.05) is 12.1 Å². The summed E-state index contributed by atoms with van der Waals surface area (Å²) in [5.74, 6) is 0.300. The molecule has 3 aromatic rings. The summed E-state index contributed by atoms with van der Waals surface area (Å²) >= 11 is 4.38. The topological polar surface area (TPSA) is 59.8 Å². The van der Waals surface area contributed by atoms with Crippen molar-refractivity contribution in [2.24, 2.45) is 7.05 Å². The van der Waals surface area contributed by atoms with Crippen molar-refractivity contribution >= 4 is 35.3 Å². The minimum Gasteiger partial charge on any atom is -0.305 e. The Labute approximate surface area is 121 Å². The normalized spacial score (nSPS) is 10.7. The highest BCUT2D eigenvalue weighted by molar-refractivity contribution is 7.80. The highest BCUT2D eigenvalue weighted by Crippen LogP contribution is 2.22. The van der Waals surface area contributed by atoms with Gasteiger partial charge in [0, 0.05) is 41.4 Å². The zero-order chi connectivity index (χ0) is 14.1. The summed E-state index contributed by atoms with van der Waals surface area (Å²) in [5.41, 5.74) is 1.31. The number of aromatic nitrogens is 3. The fourth-order valence-corrected chi connectivity index (χ4v) is 2.30. The summed E-state index contributed by atoms with van der Waals surface area (Å²) < 4.78 is 1.63. The van der Waals surface area contributed by atoms with Crippen molar-refractivity contribution in [2.45, 2.75) is 4.90 Å². The fourth-order valence-electron chi connectivity index (χ4n) is 1.97. The van der Waals surface area contributed by atoms with Crippen LogP contribution >= 0.6 is 12.6 Å². The predicted molar refractivity (Wildman–Crippen MR) is 80.2 cm³/mol. The number of anilines is 1. The molecule has 100 valence electrons. The Balaban J connectivity index is 1.95. The van der Waals surface area contributed by atoms with Crippen LogP contribution in [0.5, 0.6) is 0 Å². The van der Waals surface area contributed by atoms with Gasteiger partial charge in [0.2, 0.25) is 0 Å². The molecular formula is C14H12N4OS. The van der Waals surface area contributed by atoms with E-state index in [1.54, 1.807) is 42.3 Å². The van der Waals surface area contributed by atoms with E-state index < -0.39 is 0 Å². The molecule has 1 N–H and O–H groups in total. The van der Waals surface area contributed by atoms with Gasteiger partial charge in [0.25, 0.3) is 5.91 Å². The van der Waals surface area contributed by atoms with Crippen molar-refractivity contribution in [3.8, 4) is 0 Å². The molecule has 0 unspecified atom stereocenters. The number of carbonyl (C=O) groups excluding carboxylic acids is 1. The lowest BCUT2D eigenvalue weighted by molar-refractivity contribution is 0.102. The van der Waals surface area contributed by atoms with Gasteiger partial charge in [-0.05, 0) is 18.2 Å². The van der Waals surface area contributed by atoms with Gasteiger partial charge >= 0.3 is 0 Å². The molecule has 0 aliphatic rings. The smallest absolute Gasteiger partial charge is 0.256 e. The van der Waals surface area contributed by atoms with E-state index in [-0.39, 0.29) is 5.91 Å². The van der Waals surface area contributed by atoms with E-state index in [4.69, 9.17) is 0 Å². The molecule has 5 nitrogen and oxygen atoms in total. The van der Waals surface area contributed by atoms with Crippen molar-refractivity contribution in [1.82, 2.24) is 14.8 Å². The van der Waals surface area contributed by atoms with Crippen LogP contribution in [0, 0.1) is 0 Å². The first-order valence-corrected chi connectivity index (χ1v) is 6.47. The molecule has 0 saturated carbocycles. The van der Waals surface area contributed by atoms with Crippen molar-refractivity contribution in [1.29, 1.82) is 0 Å². The highest BCUT2D eigenvalue weighted by atomic mass is 32.1. The molecule has 0 aliphatic carbocycles. The third kappa shape index (κ3) is 2.37. The average Bonchev–Trinajstić information content (AvgIpc) is 2.84. The molecule has 0 bridgehead atoms. The summed E-state index contributed by atoms with van der Waals surface area (Å²) in [7, 11) is 1.79. The molecule has 0 atom stereocenters. The number of pyridine rings is 1. The number of fused-ring (bicyclic) bond motifs is 1. The molecule has 1 aromatic carbocycles. The van der Waals surface area contributed by atoms with Crippen LogP contribution in [0.4, 0.5) is 5.82 Å². The molecular weight excluding hydrogens is 272 g/mol. The zero-order valence-electron chi connectivity index (χ0n) is 10.7. The number of carbonyl (C=O) groups is 1. The van der Waals surface area contributed by atoms with Gasteiger partial charge in [0.1, 0.15) is 0 Å². The lowest BCUT2D eigenvalue weighted by Crippen LogP contribution is -2.12. The summed E-state index contributed by atoms with van der Waals surface area (Å²) in [6, 6.07) is 8.97. The first-order chi connectivity index (χ1) is 9.63. The van der Waals surface area contributed by atoms with Gasteiger partial charge in [-0.2, -0.15) is 5.10 Å². The molecule has 20 heavy (non-hydrogen) atoms. The monoisotopic (exact) mass is 284 g/mol. The molecule has 6 heteroatoms. The van der Waals surface area contributed by atoms with E-state index in [2.05, 4.69) is 28.0 Å². The Hall–Kier alpha value is -2.34. The molecule has 0 aliphatic heterocycles. The maximum Gasteiger partial charge on any atom is 0.256 e. The quantitative estimate of drug-likeness (QED) is 0.711. The number of nitrogens with one attached hydrogen (secondary N) is 1. The number of hydrogen-bond donors (Lipinski definition) is 2. The summed E-state index contributed by atoms with van der Waals surface area (Å²) in [6.07, 6.45) is 3.47. The molecule has 0 fully saturated rings. The Kier molecular flexibility index (Phi) is 3.15. The van der Waals surface area contributed by atoms with Gasteiger partial charge in [0.15, 0.2) is 5.82 Å². The second-order valence-electron chi connectivity index (χ2n) is 4.40. The van der Waals surface area contributed by atoms with Crippen LogP contribution in [0.2, 0.25) is 0 Å². The first kappa shape index (κ1) is 12.7. The van der Waals surface area contributed by atoms with E-state index in [0.717, 1.165) is 10.9 Å². The van der Waals surface area contributed by atoms with Crippen molar-refractivity contribution in [3.63, 3.8) is 0 Å². The Morgan fingerprint density at radius 2 is 2.20 bits per heavy atom. The number of thiol groups is 1. The van der Waals surface area contributed by atoms with E-state index in [0.29, 0.717) is 16.3 Å².